The van der Waals surface area contributed by atoms with Crippen LogP contribution >= 0.6 is 15.4 Å². The fourth-order valence-electron chi connectivity index (χ4n) is 3.80. The highest BCUT2D eigenvalue weighted by atomic mass is 31.2. The summed E-state index contributed by atoms with van der Waals surface area (Å²) >= 11 is 0. The Morgan fingerprint density at radius 1 is 1.06 bits per heavy atom. The van der Waals surface area contributed by atoms with Gasteiger partial charge in [0.25, 0.3) is 0 Å². The average molecular weight is 559 g/mol. The number of phosphoric ester groups is 1. The van der Waals surface area contributed by atoms with Crippen LogP contribution < -0.4 is 5.73 Å². The zero-order chi connectivity index (χ0) is 26.6. The summed E-state index contributed by atoms with van der Waals surface area (Å²) in [7, 11) is -11.3. The number of hydrogen-bond acceptors (Lipinski definition) is 15. The first-order valence-corrected chi connectivity index (χ1v) is 13.2. The molecule has 4 heterocycles. The summed E-state index contributed by atoms with van der Waals surface area (Å²) in [6.07, 6.45) is -10.2. The van der Waals surface area contributed by atoms with Gasteiger partial charge in [-0.25, -0.2) is 24.0 Å². The molecule has 0 saturated carbocycles. The molecule has 21 heteroatoms. The van der Waals surface area contributed by atoms with Crippen LogP contribution in [0.15, 0.2) is 12.7 Å². The Morgan fingerprint density at radius 2 is 1.75 bits per heavy atom. The van der Waals surface area contributed by atoms with Gasteiger partial charge in [-0.3, -0.25) is 13.7 Å². The van der Waals surface area contributed by atoms with Gasteiger partial charge in [0, 0.05) is 0 Å². The molecule has 0 amide bonds. The predicted molar refractivity (Wildman–Crippen MR) is 111 cm³/mol. The third-order valence-corrected chi connectivity index (χ3v) is 8.03. The van der Waals surface area contributed by atoms with E-state index in [1.54, 1.807) is 0 Å². The van der Waals surface area contributed by atoms with Gasteiger partial charge >= 0.3 is 20.9 Å². The van der Waals surface area contributed by atoms with E-state index in [-0.39, 0.29) is 17.0 Å². The minimum Gasteiger partial charge on any atom is -0.394 e. The van der Waals surface area contributed by atoms with E-state index in [1.807, 2.05) is 0 Å². The maximum Gasteiger partial charge on any atom is 0.475 e. The molecule has 2 aliphatic rings. The second-order valence-corrected chi connectivity index (χ2v) is 11.0. The topological polar surface area (TPSA) is 303 Å². The van der Waals surface area contributed by atoms with Crippen LogP contribution in [0.3, 0.4) is 0 Å². The zero-order valence-electron chi connectivity index (χ0n) is 17.9. The number of nitrogen functional groups attached to an aromatic ring is 1. The first-order valence-electron chi connectivity index (χ1n) is 10.1. The average Bonchev–Trinajstić information content (AvgIpc) is 3.42. The van der Waals surface area contributed by atoms with E-state index in [4.69, 9.17) is 15.2 Å². The molecule has 0 aromatic carbocycles. The van der Waals surface area contributed by atoms with E-state index in [2.05, 4.69) is 24.0 Å². The second kappa shape index (κ2) is 9.57. The lowest BCUT2D eigenvalue weighted by Gasteiger charge is -2.33. The van der Waals surface area contributed by atoms with E-state index >= 15 is 0 Å². The molecule has 10 N–H and O–H groups in total. The molecule has 9 atom stereocenters. The van der Waals surface area contributed by atoms with E-state index in [9.17, 15) is 49.3 Å². The summed E-state index contributed by atoms with van der Waals surface area (Å²) < 4.78 is 45.2. The number of imidazole rings is 1. The molecule has 0 radical (unpaired) electrons. The number of hydrogen-bond donors (Lipinski definition) is 9. The Morgan fingerprint density at radius 3 is 2.36 bits per heavy atom. The van der Waals surface area contributed by atoms with Crippen molar-refractivity contribution in [1.29, 1.82) is 0 Å². The van der Waals surface area contributed by atoms with Crippen LogP contribution in [0, 0.1) is 0 Å². The Balaban J connectivity index is 1.49. The Labute approximate surface area is 200 Å². The molecule has 2 saturated heterocycles. The van der Waals surface area contributed by atoms with Crippen LogP contribution in [0.5, 0.6) is 0 Å². The maximum atomic E-state index is 12.5. The summed E-state index contributed by atoms with van der Waals surface area (Å²) in [5.74, 6) is 0.0360. The number of nitrogens with zero attached hydrogens (tertiary/aromatic N) is 4. The van der Waals surface area contributed by atoms with Gasteiger partial charge in [-0.15, -0.1) is 0 Å². The van der Waals surface area contributed by atoms with Gasteiger partial charge in [0.2, 0.25) is 0 Å². The summed E-state index contributed by atoms with van der Waals surface area (Å²) in [6, 6.07) is 0. The van der Waals surface area contributed by atoms with Crippen molar-refractivity contribution >= 4 is 32.4 Å². The third-order valence-electron chi connectivity index (χ3n) is 5.63. The molecule has 4 unspecified atom stereocenters. The zero-order valence-corrected chi connectivity index (χ0v) is 19.7. The maximum absolute atomic E-state index is 12.5. The molecule has 0 bridgehead atoms. The van der Waals surface area contributed by atoms with Crippen molar-refractivity contribution in [3.8, 4) is 0 Å². The van der Waals surface area contributed by atoms with Crippen LogP contribution in [0.4, 0.5) is 5.82 Å². The predicted octanol–water partition coefficient (Wildman–Crippen LogP) is -3.89. The monoisotopic (exact) mass is 559 g/mol. The van der Waals surface area contributed by atoms with Gasteiger partial charge in [-0.05, 0) is 0 Å². The quantitative estimate of drug-likeness (QED) is 0.140. The normalized spacial score (nSPS) is 36.9. The molecule has 0 spiro atoms. The van der Waals surface area contributed by atoms with Gasteiger partial charge < -0.3 is 55.4 Å². The van der Waals surface area contributed by atoms with Crippen molar-refractivity contribution in [2.24, 2.45) is 0 Å². The SMILES string of the molecule is Nc1ncnc2c1ncn2[C@@H]1O[C@H](COP(=O)(O)OC2(P(=O)(O)O)O[C@H](CO)[C@@H](O)[C@H]2O)C(O)C1O. The summed E-state index contributed by atoms with van der Waals surface area (Å²) in [5, 5.41) is 49.9. The fraction of sp³-hybridized carbons (Fsp3) is 0.667. The van der Waals surface area contributed by atoms with Gasteiger partial charge in [0.05, 0.1) is 19.5 Å². The van der Waals surface area contributed by atoms with Crippen molar-refractivity contribution in [2.45, 2.75) is 48.4 Å². The van der Waals surface area contributed by atoms with Crippen LogP contribution in [0.25, 0.3) is 11.2 Å². The number of aliphatic hydroxyl groups excluding tert-OH is 5. The van der Waals surface area contributed by atoms with Crippen molar-refractivity contribution in [2.75, 3.05) is 18.9 Å². The molecule has 2 fully saturated rings. The Hall–Kier alpha value is -1.67. The lowest BCUT2D eigenvalue weighted by molar-refractivity contribution is -0.176. The van der Waals surface area contributed by atoms with Crippen LogP contribution in [-0.2, 0) is 27.7 Å². The minimum atomic E-state index is -5.76. The number of anilines is 1. The van der Waals surface area contributed by atoms with E-state index in [1.165, 1.54) is 10.9 Å². The number of phosphoric acid groups is 1. The molecule has 202 valence electrons. The van der Waals surface area contributed by atoms with Crippen LogP contribution in [0.1, 0.15) is 6.23 Å². The highest BCUT2D eigenvalue weighted by Crippen LogP contribution is 2.64. The van der Waals surface area contributed by atoms with Crippen molar-refractivity contribution in [3.05, 3.63) is 12.7 Å². The highest BCUT2D eigenvalue weighted by molar-refractivity contribution is 7.54. The first kappa shape index (κ1) is 27.4. The first-order chi connectivity index (χ1) is 16.7. The molecular weight excluding hydrogens is 536 g/mol. The van der Waals surface area contributed by atoms with Crippen molar-refractivity contribution in [1.82, 2.24) is 19.5 Å². The minimum absolute atomic E-state index is 0.0360. The Bertz CT molecular complexity index is 1210. The molecule has 19 nitrogen and oxygen atoms in total. The molecule has 36 heavy (non-hydrogen) atoms. The molecule has 0 aliphatic carbocycles. The van der Waals surface area contributed by atoms with Gasteiger partial charge in [-0.2, -0.15) is 0 Å². The summed E-state index contributed by atoms with van der Waals surface area (Å²) in [5.41, 5.74) is 2.47. The molecule has 2 aromatic rings. The van der Waals surface area contributed by atoms with E-state index in [0.29, 0.717) is 0 Å². The fourth-order valence-corrected chi connectivity index (χ4v) is 6.18. The van der Waals surface area contributed by atoms with Crippen LogP contribution in [-0.4, -0.2) is 115 Å². The lowest BCUT2D eigenvalue weighted by atomic mass is 10.1. The van der Waals surface area contributed by atoms with E-state index < -0.39 is 77.0 Å². The molecule has 2 aliphatic heterocycles. The number of nitrogens with two attached hydrogens (primary N) is 1. The lowest BCUT2D eigenvalue weighted by Crippen LogP contribution is -2.45. The van der Waals surface area contributed by atoms with Gasteiger partial charge in [-0.1, -0.05) is 0 Å². The van der Waals surface area contributed by atoms with Crippen LogP contribution in [0.2, 0.25) is 0 Å². The van der Waals surface area contributed by atoms with Gasteiger partial charge in [0.1, 0.15) is 48.5 Å². The number of aliphatic hydroxyl groups is 5. The Kier molecular flexibility index (Phi) is 7.28. The van der Waals surface area contributed by atoms with Crippen molar-refractivity contribution in [3.63, 3.8) is 0 Å². The number of aromatic nitrogens is 4. The largest absolute Gasteiger partial charge is 0.475 e. The van der Waals surface area contributed by atoms with Gasteiger partial charge in [0.15, 0.2) is 17.7 Å². The summed E-state index contributed by atoms with van der Waals surface area (Å²) in [4.78, 5) is 41.1. The number of fused-ring (bicyclic) bond motifs is 1. The molecule has 4 rings (SSSR count). The second-order valence-electron chi connectivity index (χ2n) is 7.93. The number of rotatable bonds is 8. The highest BCUT2D eigenvalue weighted by Gasteiger charge is 2.68. The molecular formula is C15H23N5O14P2. The third kappa shape index (κ3) is 4.57. The number of ether oxygens (including phenoxy) is 2. The molecule has 2 aromatic heterocycles. The van der Waals surface area contributed by atoms with Crippen molar-refractivity contribution < 1.29 is 67.9 Å². The smallest absolute Gasteiger partial charge is 0.394 e. The standard InChI is InChI=1S/C15H23N5O14P2/c16-12-7-13(18-3-17-12)20(4-19-7)14-10(24)8(22)6(32-14)2-31-36(29,30)34-15(35(26,27)28)11(25)9(23)5(1-21)33-15/h3-6,8-11,14,21-25H,1-2H2,(H,29,30)(H2,16,17,18)(H2,26,27,28)/t5-,6-,8?,9-,10?,11-,14-,15?/m1/s1. The van der Waals surface area contributed by atoms with E-state index in [0.717, 1.165) is 6.33 Å². The summed E-state index contributed by atoms with van der Waals surface area (Å²) in [6.45, 7) is -1.99.